The molecule has 0 aromatic rings. The number of nitrogens with zero attached hydrogens (tertiary/aromatic N) is 1. The van der Waals surface area contributed by atoms with E-state index in [-0.39, 0.29) is 6.10 Å². The normalized spacial score (nSPS) is 26.9. The van der Waals surface area contributed by atoms with Crippen LogP contribution in [0, 0.1) is 18.3 Å². The molecule has 0 saturated carbocycles. The highest BCUT2D eigenvalue weighted by Crippen LogP contribution is 2.19. The summed E-state index contributed by atoms with van der Waals surface area (Å²) in [6.45, 7) is 4.96. The van der Waals surface area contributed by atoms with Gasteiger partial charge >= 0.3 is 0 Å². The average molecular weight is 167 g/mol. The van der Waals surface area contributed by atoms with Crippen LogP contribution >= 0.6 is 0 Å². The molecule has 0 aromatic heterocycles. The second kappa shape index (κ2) is 4.49. The summed E-state index contributed by atoms with van der Waals surface area (Å²) < 4.78 is 0. The molecule has 1 N–H and O–H groups in total. The molecular weight excluding hydrogens is 150 g/mol. The maximum absolute atomic E-state index is 9.33. The average Bonchev–Trinajstić information content (AvgIpc) is 2.48. The second-order valence-corrected chi connectivity index (χ2v) is 3.54. The van der Waals surface area contributed by atoms with E-state index < -0.39 is 0 Å². The quantitative estimate of drug-likeness (QED) is 0.626. The summed E-state index contributed by atoms with van der Waals surface area (Å²) in [7, 11) is 0. The molecule has 0 aliphatic carbocycles. The molecule has 68 valence electrons. The molecule has 2 nitrogen and oxygen atoms in total. The van der Waals surface area contributed by atoms with Crippen LogP contribution in [0.4, 0.5) is 0 Å². The molecule has 12 heavy (non-hydrogen) atoms. The maximum atomic E-state index is 9.33. The van der Waals surface area contributed by atoms with Crippen molar-refractivity contribution in [1.29, 1.82) is 0 Å². The minimum absolute atomic E-state index is 0.166. The van der Waals surface area contributed by atoms with E-state index in [4.69, 9.17) is 6.42 Å². The maximum Gasteiger partial charge on any atom is 0.0552 e. The van der Waals surface area contributed by atoms with E-state index in [9.17, 15) is 5.11 Å². The van der Waals surface area contributed by atoms with Crippen molar-refractivity contribution < 1.29 is 5.11 Å². The smallest absolute Gasteiger partial charge is 0.0552 e. The zero-order valence-electron chi connectivity index (χ0n) is 7.66. The number of hydrogen-bond donors (Lipinski definition) is 1. The highest BCUT2D eigenvalue weighted by Gasteiger charge is 2.24. The molecule has 1 aliphatic rings. The van der Waals surface area contributed by atoms with Crippen molar-refractivity contribution in [3.8, 4) is 12.3 Å². The molecule has 0 bridgehead atoms. The Labute approximate surface area is 74.6 Å². The molecule has 0 radical (unpaired) electrons. The van der Waals surface area contributed by atoms with Crippen LogP contribution < -0.4 is 0 Å². The monoisotopic (exact) mass is 167 g/mol. The summed E-state index contributed by atoms with van der Waals surface area (Å²) in [5, 5.41) is 9.33. The number of aliphatic hydroxyl groups is 1. The van der Waals surface area contributed by atoms with E-state index in [0.29, 0.717) is 5.92 Å². The van der Waals surface area contributed by atoms with Gasteiger partial charge in [0.1, 0.15) is 0 Å². The van der Waals surface area contributed by atoms with Crippen LogP contribution in [0.15, 0.2) is 0 Å². The van der Waals surface area contributed by atoms with Crippen molar-refractivity contribution in [2.45, 2.75) is 25.9 Å². The van der Waals surface area contributed by atoms with E-state index >= 15 is 0 Å². The van der Waals surface area contributed by atoms with Crippen LogP contribution in [0.1, 0.15) is 19.8 Å². The predicted molar refractivity (Wildman–Crippen MR) is 49.7 cm³/mol. The lowest BCUT2D eigenvalue weighted by Crippen LogP contribution is -2.24. The van der Waals surface area contributed by atoms with E-state index in [2.05, 4.69) is 10.8 Å². The van der Waals surface area contributed by atoms with Crippen molar-refractivity contribution in [3.05, 3.63) is 0 Å². The Balaban J connectivity index is 2.22. The SMILES string of the molecule is C#CCCN1CCC(C(C)O)C1. The van der Waals surface area contributed by atoms with Gasteiger partial charge in [0, 0.05) is 19.5 Å². The fourth-order valence-electron chi connectivity index (χ4n) is 1.68. The summed E-state index contributed by atoms with van der Waals surface area (Å²) in [5.74, 6) is 3.10. The zero-order chi connectivity index (χ0) is 8.97. The molecule has 2 atom stereocenters. The lowest BCUT2D eigenvalue weighted by atomic mass is 10.0. The molecule has 0 aromatic carbocycles. The number of likely N-dealkylation sites (tertiary alicyclic amines) is 1. The Morgan fingerprint density at radius 3 is 3.00 bits per heavy atom. The van der Waals surface area contributed by atoms with E-state index in [1.807, 2.05) is 6.92 Å². The largest absolute Gasteiger partial charge is 0.393 e. The number of hydrogen-bond acceptors (Lipinski definition) is 2. The number of terminal acetylenes is 1. The highest BCUT2D eigenvalue weighted by atomic mass is 16.3. The molecule has 1 saturated heterocycles. The standard InChI is InChI=1S/C10H17NO/c1-3-4-6-11-7-5-10(8-11)9(2)12/h1,9-10,12H,4-8H2,2H3. The van der Waals surface area contributed by atoms with E-state index in [1.54, 1.807) is 0 Å². The molecule has 0 spiro atoms. The lowest BCUT2D eigenvalue weighted by molar-refractivity contribution is 0.128. The third kappa shape index (κ3) is 2.51. The van der Waals surface area contributed by atoms with E-state index in [0.717, 1.165) is 32.5 Å². The molecule has 1 fully saturated rings. The fraction of sp³-hybridized carbons (Fsp3) is 0.800. The molecule has 1 heterocycles. The molecule has 1 aliphatic heterocycles. The molecule has 2 heteroatoms. The Kier molecular flexibility index (Phi) is 3.58. The molecule has 2 unspecified atom stereocenters. The van der Waals surface area contributed by atoms with Gasteiger partial charge in [-0.05, 0) is 25.8 Å². The zero-order valence-corrected chi connectivity index (χ0v) is 7.66. The Morgan fingerprint density at radius 2 is 2.50 bits per heavy atom. The van der Waals surface area contributed by atoms with Crippen LogP contribution in [0.3, 0.4) is 0 Å². The van der Waals surface area contributed by atoms with Gasteiger partial charge in [-0.15, -0.1) is 12.3 Å². The summed E-state index contributed by atoms with van der Waals surface area (Å²) in [6, 6.07) is 0. The van der Waals surface area contributed by atoms with Gasteiger partial charge in [-0.1, -0.05) is 0 Å². The summed E-state index contributed by atoms with van der Waals surface area (Å²) in [5.41, 5.74) is 0. The molecular formula is C10H17NO. The van der Waals surface area contributed by atoms with Gasteiger partial charge in [0.25, 0.3) is 0 Å². The van der Waals surface area contributed by atoms with Crippen molar-refractivity contribution in [3.63, 3.8) is 0 Å². The van der Waals surface area contributed by atoms with Gasteiger partial charge in [0.15, 0.2) is 0 Å². The van der Waals surface area contributed by atoms with Crippen molar-refractivity contribution >= 4 is 0 Å². The summed E-state index contributed by atoms with van der Waals surface area (Å²) in [6.07, 6.45) is 6.95. The topological polar surface area (TPSA) is 23.5 Å². The van der Waals surface area contributed by atoms with Gasteiger partial charge in [-0.3, -0.25) is 0 Å². The summed E-state index contributed by atoms with van der Waals surface area (Å²) >= 11 is 0. The Hall–Kier alpha value is -0.520. The van der Waals surface area contributed by atoms with Gasteiger partial charge in [0.2, 0.25) is 0 Å². The first-order valence-electron chi connectivity index (χ1n) is 4.58. The fourth-order valence-corrected chi connectivity index (χ4v) is 1.68. The first-order valence-corrected chi connectivity index (χ1v) is 4.58. The van der Waals surface area contributed by atoms with Crippen LogP contribution in [0.2, 0.25) is 0 Å². The van der Waals surface area contributed by atoms with Gasteiger partial charge in [0.05, 0.1) is 6.10 Å². The predicted octanol–water partition coefficient (Wildman–Crippen LogP) is 0.712. The van der Waals surface area contributed by atoms with Crippen molar-refractivity contribution in [2.24, 2.45) is 5.92 Å². The Morgan fingerprint density at radius 1 is 1.75 bits per heavy atom. The molecule has 0 amide bonds. The van der Waals surface area contributed by atoms with Gasteiger partial charge in [-0.25, -0.2) is 0 Å². The molecule has 1 rings (SSSR count). The van der Waals surface area contributed by atoms with Gasteiger partial charge < -0.3 is 10.0 Å². The highest BCUT2D eigenvalue weighted by molar-refractivity contribution is 4.87. The first kappa shape index (κ1) is 9.57. The third-order valence-electron chi connectivity index (χ3n) is 2.56. The Bertz CT molecular complexity index is 171. The number of rotatable bonds is 3. The number of aliphatic hydroxyl groups excluding tert-OH is 1. The minimum atomic E-state index is -0.166. The van der Waals surface area contributed by atoms with Crippen LogP contribution in [0.25, 0.3) is 0 Å². The third-order valence-corrected chi connectivity index (χ3v) is 2.56. The van der Waals surface area contributed by atoms with Gasteiger partial charge in [-0.2, -0.15) is 0 Å². The van der Waals surface area contributed by atoms with Crippen LogP contribution in [-0.4, -0.2) is 35.7 Å². The van der Waals surface area contributed by atoms with Crippen molar-refractivity contribution in [1.82, 2.24) is 4.90 Å². The summed E-state index contributed by atoms with van der Waals surface area (Å²) in [4.78, 5) is 2.33. The van der Waals surface area contributed by atoms with Crippen LogP contribution in [0.5, 0.6) is 0 Å². The van der Waals surface area contributed by atoms with Crippen molar-refractivity contribution in [2.75, 3.05) is 19.6 Å². The second-order valence-electron chi connectivity index (χ2n) is 3.54. The lowest BCUT2D eigenvalue weighted by Gasteiger charge is -2.15. The van der Waals surface area contributed by atoms with Crippen LogP contribution in [-0.2, 0) is 0 Å². The minimum Gasteiger partial charge on any atom is -0.393 e. The first-order chi connectivity index (χ1) is 5.74. The van der Waals surface area contributed by atoms with E-state index in [1.165, 1.54) is 0 Å².